The maximum atomic E-state index is 12.9. The van der Waals surface area contributed by atoms with E-state index in [0.29, 0.717) is 32.7 Å². The molecule has 0 spiro atoms. The molecule has 1 atom stereocenters. The first kappa shape index (κ1) is 26.0. The molecular weight excluding hydrogens is 494 g/mol. The quantitative estimate of drug-likeness (QED) is 0.350. The lowest BCUT2D eigenvalue weighted by atomic mass is 10.1. The number of halogens is 4. The van der Waals surface area contributed by atoms with Crippen LogP contribution in [-0.4, -0.2) is 79.7 Å². The Morgan fingerprint density at radius 1 is 1.17 bits per heavy atom. The summed E-state index contributed by atoms with van der Waals surface area (Å²) in [5, 5.41) is 3.27. The van der Waals surface area contributed by atoms with Gasteiger partial charge in [0.2, 0.25) is 0 Å². The van der Waals surface area contributed by atoms with E-state index in [2.05, 4.69) is 28.4 Å². The molecule has 1 aliphatic rings. The van der Waals surface area contributed by atoms with Crippen LogP contribution >= 0.6 is 24.0 Å². The van der Waals surface area contributed by atoms with Gasteiger partial charge in [-0.05, 0) is 39.1 Å². The fourth-order valence-electron chi connectivity index (χ4n) is 3.31. The number of piperazine rings is 1. The number of hydrogen-bond donors (Lipinski definition) is 1. The molecule has 1 heterocycles. The van der Waals surface area contributed by atoms with Crippen molar-refractivity contribution in [2.45, 2.75) is 39.2 Å². The van der Waals surface area contributed by atoms with Gasteiger partial charge in [0, 0.05) is 39.3 Å². The second-order valence-electron chi connectivity index (χ2n) is 7.47. The smallest absolute Gasteiger partial charge is 0.357 e. The second kappa shape index (κ2) is 11.9. The maximum absolute atomic E-state index is 12.9. The van der Waals surface area contributed by atoms with Crippen LogP contribution in [0.5, 0.6) is 0 Å². The first-order valence-electron chi connectivity index (χ1n) is 9.77. The number of nitrogens with zero attached hydrogens (tertiary/aromatic N) is 4. The zero-order valence-corrected chi connectivity index (χ0v) is 20.0. The Morgan fingerprint density at radius 2 is 1.79 bits per heavy atom. The van der Waals surface area contributed by atoms with Crippen LogP contribution in [0.1, 0.15) is 25.0 Å². The first-order valence-corrected chi connectivity index (χ1v) is 9.77. The van der Waals surface area contributed by atoms with Gasteiger partial charge in [-0.1, -0.05) is 24.3 Å². The third-order valence-corrected chi connectivity index (χ3v) is 4.87. The summed E-state index contributed by atoms with van der Waals surface area (Å²) in [6, 6.07) is 6.92. The Labute approximate surface area is 189 Å². The van der Waals surface area contributed by atoms with Crippen LogP contribution in [0, 0.1) is 0 Å². The van der Waals surface area contributed by atoms with Crippen molar-refractivity contribution in [1.82, 2.24) is 20.0 Å². The van der Waals surface area contributed by atoms with Crippen molar-refractivity contribution in [3.8, 4) is 0 Å². The maximum Gasteiger partial charge on any atom is 0.403 e. The van der Waals surface area contributed by atoms with E-state index >= 15 is 0 Å². The molecule has 5 nitrogen and oxygen atoms in total. The van der Waals surface area contributed by atoms with Crippen molar-refractivity contribution in [3.63, 3.8) is 0 Å². The highest BCUT2D eigenvalue weighted by atomic mass is 127. The van der Waals surface area contributed by atoms with E-state index in [1.807, 2.05) is 32.0 Å². The summed E-state index contributed by atoms with van der Waals surface area (Å²) in [6.45, 7) is 7.19. The molecule has 1 fully saturated rings. The molecule has 166 valence electrons. The van der Waals surface area contributed by atoms with Gasteiger partial charge in [0.25, 0.3) is 0 Å². The van der Waals surface area contributed by atoms with E-state index in [9.17, 15) is 13.2 Å². The summed E-state index contributed by atoms with van der Waals surface area (Å²) >= 11 is 0. The lowest BCUT2D eigenvalue weighted by Crippen LogP contribution is -2.56. The third kappa shape index (κ3) is 8.29. The van der Waals surface area contributed by atoms with E-state index in [4.69, 9.17) is 4.99 Å². The number of hydrogen-bond acceptors (Lipinski definition) is 3. The highest BCUT2D eigenvalue weighted by molar-refractivity contribution is 14.0. The summed E-state index contributed by atoms with van der Waals surface area (Å²) in [4.78, 5) is 10.4. The number of nitrogens with one attached hydrogen (secondary N) is 1. The van der Waals surface area contributed by atoms with Crippen molar-refractivity contribution in [2.75, 3.05) is 46.8 Å². The third-order valence-electron chi connectivity index (χ3n) is 4.87. The number of rotatable bonds is 6. The van der Waals surface area contributed by atoms with Crippen LogP contribution in [0.3, 0.4) is 0 Å². The minimum atomic E-state index is -4.18. The largest absolute Gasteiger partial charge is 0.403 e. The van der Waals surface area contributed by atoms with Crippen molar-refractivity contribution in [3.05, 3.63) is 35.4 Å². The molecule has 0 amide bonds. The lowest BCUT2D eigenvalue weighted by Gasteiger charge is -2.39. The van der Waals surface area contributed by atoms with Crippen molar-refractivity contribution >= 4 is 29.9 Å². The van der Waals surface area contributed by atoms with Crippen LogP contribution in [0.25, 0.3) is 0 Å². The molecule has 1 aromatic carbocycles. The molecule has 1 N–H and O–H groups in total. The molecule has 9 heteroatoms. The molecule has 0 radical (unpaired) electrons. The summed E-state index contributed by atoms with van der Waals surface area (Å²) in [5.74, 6) is 0.764. The Hall–Kier alpha value is -1.07. The summed E-state index contributed by atoms with van der Waals surface area (Å²) in [5.41, 5.74) is 2.36. The first-order chi connectivity index (χ1) is 13.2. The second-order valence-corrected chi connectivity index (χ2v) is 7.47. The average Bonchev–Trinajstić information content (AvgIpc) is 2.64. The molecule has 29 heavy (non-hydrogen) atoms. The highest BCUT2D eigenvalue weighted by Crippen LogP contribution is 2.25. The Morgan fingerprint density at radius 3 is 2.34 bits per heavy atom. The van der Waals surface area contributed by atoms with E-state index in [1.165, 1.54) is 17.4 Å². The van der Waals surface area contributed by atoms with E-state index in [1.54, 1.807) is 0 Å². The van der Waals surface area contributed by atoms with Gasteiger partial charge in [-0.3, -0.25) is 4.90 Å². The van der Waals surface area contributed by atoms with Crippen molar-refractivity contribution in [1.29, 1.82) is 0 Å². The van der Waals surface area contributed by atoms with Gasteiger partial charge in [-0.25, -0.2) is 4.99 Å². The molecule has 0 saturated carbocycles. The molecule has 1 aliphatic heterocycles. The predicted octanol–water partition coefficient (Wildman–Crippen LogP) is 3.40. The fraction of sp³-hybridized carbons (Fsp3) is 0.650. The average molecular weight is 527 g/mol. The van der Waals surface area contributed by atoms with Gasteiger partial charge in [-0.2, -0.15) is 13.2 Å². The van der Waals surface area contributed by atoms with Gasteiger partial charge >= 0.3 is 6.18 Å². The van der Waals surface area contributed by atoms with Crippen LogP contribution in [-0.2, 0) is 13.1 Å². The van der Waals surface area contributed by atoms with Crippen LogP contribution in [0.4, 0.5) is 13.2 Å². The molecule has 0 aromatic heterocycles. The SMILES string of the molecule is CCNC(=NCc1cccc(CN(C)C)c1)N1CCN(C(C)C(F)(F)F)CC1.I. The molecule has 2 rings (SSSR count). The molecule has 1 aromatic rings. The van der Waals surface area contributed by atoms with E-state index < -0.39 is 12.2 Å². The molecule has 1 saturated heterocycles. The van der Waals surface area contributed by atoms with Gasteiger partial charge in [0.1, 0.15) is 6.04 Å². The molecular formula is C20H33F3IN5. The zero-order valence-electron chi connectivity index (χ0n) is 17.7. The van der Waals surface area contributed by atoms with E-state index in [0.717, 1.165) is 24.6 Å². The van der Waals surface area contributed by atoms with E-state index in [-0.39, 0.29) is 24.0 Å². The standard InChI is InChI=1S/C20H32F3N5.HI/c1-5-24-19(25-14-17-7-6-8-18(13-17)15-26(3)4)28-11-9-27(10-12-28)16(2)20(21,22)23;/h6-8,13,16H,5,9-12,14-15H2,1-4H3,(H,24,25);1H. The Kier molecular flexibility index (Phi) is 10.7. The van der Waals surface area contributed by atoms with Crippen molar-refractivity contribution in [2.24, 2.45) is 4.99 Å². The molecule has 1 unspecified atom stereocenters. The summed E-state index contributed by atoms with van der Waals surface area (Å²) < 4.78 is 38.8. The van der Waals surface area contributed by atoms with Gasteiger partial charge in [0.15, 0.2) is 5.96 Å². The number of guanidine groups is 1. The number of alkyl halides is 3. The van der Waals surface area contributed by atoms with Crippen LogP contribution < -0.4 is 5.32 Å². The fourth-order valence-corrected chi connectivity index (χ4v) is 3.31. The number of benzene rings is 1. The minimum Gasteiger partial charge on any atom is -0.357 e. The molecule has 0 bridgehead atoms. The molecule has 0 aliphatic carbocycles. The van der Waals surface area contributed by atoms with Gasteiger partial charge < -0.3 is 15.1 Å². The summed E-state index contributed by atoms with van der Waals surface area (Å²) in [7, 11) is 4.07. The highest BCUT2D eigenvalue weighted by Gasteiger charge is 2.41. The summed E-state index contributed by atoms with van der Waals surface area (Å²) in [6.07, 6.45) is -4.18. The van der Waals surface area contributed by atoms with Crippen LogP contribution in [0.15, 0.2) is 29.3 Å². The van der Waals surface area contributed by atoms with Crippen molar-refractivity contribution < 1.29 is 13.2 Å². The normalized spacial score (nSPS) is 17.2. The Bertz CT molecular complexity index is 643. The predicted molar refractivity (Wildman–Crippen MR) is 123 cm³/mol. The minimum absolute atomic E-state index is 0. The van der Waals surface area contributed by atoms with Crippen LogP contribution in [0.2, 0.25) is 0 Å². The Balaban J connectivity index is 0.00000420. The van der Waals surface area contributed by atoms with Gasteiger partial charge in [0.05, 0.1) is 6.54 Å². The monoisotopic (exact) mass is 527 g/mol. The van der Waals surface area contributed by atoms with Gasteiger partial charge in [-0.15, -0.1) is 24.0 Å². The lowest BCUT2D eigenvalue weighted by molar-refractivity contribution is -0.181. The number of aliphatic imine (C=N–C) groups is 1. The topological polar surface area (TPSA) is 34.1 Å². The zero-order chi connectivity index (χ0) is 20.7.